The second kappa shape index (κ2) is 6.41. The van der Waals surface area contributed by atoms with E-state index in [0.717, 1.165) is 81.2 Å². The lowest BCUT2D eigenvalue weighted by Gasteiger charge is -2.31. The number of ether oxygens (including phenoxy) is 2. The van der Waals surface area contributed by atoms with Crippen molar-refractivity contribution >= 4 is 17.3 Å². The minimum atomic E-state index is 0.370. The molecule has 1 aromatic heterocycles. The van der Waals surface area contributed by atoms with Gasteiger partial charge in [-0.05, 0) is 24.3 Å². The van der Waals surface area contributed by atoms with Crippen molar-refractivity contribution in [3.8, 4) is 11.4 Å². The Bertz CT molecular complexity index is 804. The first-order valence-corrected chi connectivity index (χ1v) is 9.23. The van der Waals surface area contributed by atoms with Gasteiger partial charge in [-0.1, -0.05) is 0 Å². The quantitative estimate of drug-likeness (QED) is 0.816. The third-order valence-electron chi connectivity index (χ3n) is 5.38. The fourth-order valence-electron chi connectivity index (χ4n) is 4.02. The van der Waals surface area contributed by atoms with Crippen LogP contribution < -0.4 is 15.5 Å². The molecule has 0 radical (unpaired) electrons. The molecule has 7 nitrogen and oxygen atoms in total. The minimum absolute atomic E-state index is 0.370. The van der Waals surface area contributed by atoms with Gasteiger partial charge in [0.15, 0.2) is 5.82 Å². The first kappa shape index (κ1) is 15.8. The second-order valence-corrected chi connectivity index (χ2v) is 7.02. The van der Waals surface area contributed by atoms with Crippen LogP contribution in [0.1, 0.15) is 5.56 Å². The molecule has 0 saturated carbocycles. The maximum Gasteiger partial charge on any atom is 0.163 e. The SMILES string of the molecule is Nc1ccc(-c2nc(N3CCOCC3)c3c(n2)N2CCOC[C@H]2C3)cc1. The Hall–Kier alpha value is -2.38. The number of nitrogens with two attached hydrogens (primary N) is 1. The van der Waals surface area contributed by atoms with Crippen LogP contribution in [-0.4, -0.2) is 62.1 Å². The van der Waals surface area contributed by atoms with Gasteiger partial charge < -0.3 is 25.0 Å². The lowest BCUT2D eigenvalue weighted by atomic mass is 10.1. The summed E-state index contributed by atoms with van der Waals surface area (Å²) >= 11 is 0. The van der Waals surface area contributed by atoms with Crippen molar-refractivity contribution < 1.29 is 9.47 Å². The third kappa shape index (κ3) is 2.68. The van der Waals surface area contributed by atoms with E-state index < -0.39 is 0 Å². The van der Waals surface area contributed by atoms with Crippen LogP contribution in [0.5, 0.6) is 0 Å². The second-order valence-electron chi connectivity index (χ2n) is 7.02. The monoisotopic (exact) mass is 353 g/mol. The molecule has 136 valence electrons. The van der Waals surface area contributed by atoms with Gasteiger partial charge in [0.05, 0.1) is 32.5 Å². The highest BCUT2D eigenvalue weighted by molar-refractivity contribution is 5.71. The van der Waals surface area contributed by atoms with Gasteiger partial charge >= 0.3 is 0 Å². The third-order valence-corrected chi connectivity index (χ3v) is 5.38. The van der Waals surface area contributed by atoms with E-state index in [0.29, 0.717) is 6.04 Å². The molecular formula is C19H23N5O2. The predicted molar refractivity (Wildman–Crippen MR) is 101 cm³/mol. The van der Waals surface area contributed by atoms with Crippen LogP contribution in [0, 0.1) is 0 Å². The van der Waals surface area contributed by atoms with Gasteiger partial charge in [0.1, 0.15) is 11.6 Å². The Morgan fingerprint density at radius 1 is 0.923 bits per heavy atom. The molecule has 2 saturated heterocycles. The number of hydrogen-bond acceptors (Lipinski definition) is 7. The van der Waals surface area contributed by atoms with E-state index in [1.807, 2.05) is 24.3 Å². The number of nitrogen functional groups attached to an aromatic ring is 1. The molecule has 1 aromatic carbocycles. The Morgan fingerprint density at radius 2 is 1.65 bits per heavy atom. The molecule has 0 aliphatic carbocycles. The topological polar surface area (TPSA) is 76.7 Å². The molecule has 2 N–H and O–H groups in total. The van der Waals surface area contributed by atoms with E-state index in [2.05, 4.69) is 9.80 Å². The Balaban J connectivity index is 1.62. The Kier molecular flexibility index (Phi) is 3.90. The van der Waals surface area contributed by atoms with Crippen LogP contribution in [-0.2, 0) is 15.9 Å². The zero-order chi connectivity index (χ0) is 17.5. The van der Waals surface area contributed by atoms with Crippen LogP contribution in [0.3, 0.4) is 0 Å². The molecule has 4 heterocycles. The highest BCUT2D eigenvalue weighted by atomic mass is 16.5. The number of anilines is 3. The van der Waals surface area contributed by atoms with E-state index in [-0.39, 0.29) is 0 Å². The van der Waals surface area contributed by atoms with Crippen LogP contribution in [0.15, 0.2) is 24.3 Å². The van der Waals surface area contributed by atoms with Gasteiger partial charge in [-0.25, -0.2) is 9.97 Å². The molecule has 26 heavy (non-hydrogen) atoms. The van der Waals surface area contributed by atoms with E-state index >= 15 is 0 Å². The van der Waals surface area contributed by atoms with E-state index in [1.54, 1.807) is 0 Å². The largest absolute Gasteiger partial charge is 0.399 e. The molecule has 5 rings (SSSR count). The minimum Gasteiger partial charge on any atom is -0.399 e. The number of morpholine rings is 2. The van der Waals surface area contributed by atoms with Gasteiger partial charge in [0.25, 0.3) is 0 Å². The molecule has 0 bridgehead atoms. The van der Waals surface area contributed by atoms with E-state index in [1.165, 1.54) is 5.56 Å². The highest BCUT2D eigenvalue weighted by Crippen LogP contribution is 2.39. The van der Waals surface area contributed by atoms with Gasteiger partial charge in [0.2, 0.25) is 0 Å². The van der Waals surface area contributed by atoms with Crippen molar-refractivity contribution in [3.63, 3.8) is 0 Å². The lowest BCUT2D eigenvalue weighted by molar-refractivity contribution is 0.0973. The summed E-state index contributed by atoms with van der Waals surface area (Å²) in [6.07, 6.45) is 0.948. The zero-order valence-corrected chi connectivity index (χ0v) is 14.7. The smallest absolute Gasteiger partial charge is 0.163 e. The lowest BCUT2D eigenvalue weighted by Crippen LogP contribution is -2.43. The first-order valence-electron chi connectivity index (χ1n) is 9.23. The van der Waals surface area contributed by atoms with Crippen molar-refractivity contribution in [3.05, 3.63) is 29.8 Å². The van der Waals surface area contributed by atoms with Gasteiger partial charge in [0, 0.05) is 42.9 Å². The average molecular weight is 353 g/mol. The van der Waals surface area contributed by atoms with Gasteiger partial charge in [-0.15, -0.1) is 0 Å². The van der Waals surface area contributed by atoms with Gasteiger partial charge in [-0.2, -0.15) is 0 Å². The van der Waals surface area contributed by atoms with Crippen molar-refractivity contribution in [1.82, 2.24) is 9.97 Å². The Labute approximate surface area is 152 Å². The van der Waals surface area contributed by atoms with E-state index in [4.69, 9.17) is 25.2 Å². The maximum atomic E-state index is 5.84. The number of hydrogen-bond donors (Lipinski definition) is 1. The van der Waals surface area contributed by atoms with Crippen molar-refractivity contribution in [2.45, 2.75) is 12.5 Å². The fourth-order valence-corrected chi connectivity index (χ4v) is 4.02. The Morgan fingerprint density at radius 3 is 2.46 bits per heavy atom. The number of rotatable bonds is 2. The average Bonchev–Trinajstić information content (AvgIpc) is 3.07. The van der Waals surface area contributed by atoms with Crippen molar-refractivity contribution in [2.75, 3.05) is 61.6 Å². The fraction of sp³-hybridized carbons (Fsp3) is 0.474. The molecular weight excluding hydrogens is 330 g/mol. The molecule has 3 aliphatic rings. The molecule has 0 amide bonds. The van der Waals surface area contributed by atoms with Crippen molar-refractivity contribution in [2.24, 2.45) is 0 Å². The summed E-state index contributed by atoms with van der Waals surface area (Å²) in [5, 5.41) is 0. The molecule has 7 heteroatoms. The summed E-state index contributed by atoms with van der Waals surface area (Å²) in [5.74, 6) is 2.89. The first-order chi connectivity index (χ1) is 12.8. The maximum absolute atomic E-state index is 5.84. The highest BCUT2D eigenvalue weighted by Gasteiger charge is 2.37. The summed E-state index contributed by atoms with van der Waals surface area (Å²) in [7, 11) is 0. The van der Waals surface area contributed by atoms with Crippen LogP contribution in [0.4, 0.5) is 17.3 Å². The van der Waals surface area contributed by atoms with Gasteiger partial charge in [-0.3, -0.25) is 0 Å². The predicted octanol–water partition coefficient (Wildman–Crippen LogP) is 1.32. The number of nitrogens with zero attached hydrogens (tertiary/aromatic N) is 4. The number of fused-ring (bicyclic) bond motifs is 3. The standard InChI is InChI=1S/C19H23N5O2/c20-14-3-1-13(2-4-14)17-21-18(23-5-8-25-9-6-23)16-11-15-12-26-10-7-24(15)19(16)22-17/h1-4,15H,5-12,20H2/t15-/m1/s1. The summed E-state index contributed by atoms with van der Waals surface area (Å²) in [4.78, 5) is 14.7. The van der Waals surface area contributed by atoms with Crippen LogP contribution >= 0.6 is 0 Å². The molecule has 3 aliphatic heterocycles. The molecule has 2 aromatic rings. The number of benzene rings is 1. The summed E-state index contributed by atoms with van der Waals surface area (Å²) in [5.41, 5.74) is 8.84. The van der Waals surface area contributed by atoms with Crippen LogP contribution in [0.25, 0.3) is 11.4 Å². The molecule has 1 atom stereocenters. The van der Waals surface area contributed by atoms with E-state index in [9.17, 15) is 0 Å². The zero-order valence-electron chi connectivity index (χ0n) is 14.7. The van der Waals surface area contributed by atoms with Crippen molar-refractivity contribution in [1.29, 1.82) is 0 Å². The normalized spacial score (nSPS) is 22.2. The molecule has 0 spiro atoms. The molecule has 2 fully saturated rings. The van der Waals surface area contributed by atoms with Crippen LogP contribution in [0.2, 0.25) is 0 Å². The molecule has 0 unspecified atom stereocenters. The summed E-state index contributed by atoms with van der Waals surface area (Å²) < 4.78 is 11.2. The summed E-state index contributed by atoms with van der Waals surface area (Å²) in [6, 6.07) is 8.16. The number of aromatic nitrogens is 2. The summed E-state index contributed by atoms with van der Waals surface area (Å²) in [6.45, 7) is 5.62.